The predicted octanol–water partition coefficient (Wildman–Crippen LogP) is 6.67. The largest absolute Gasteiger partial charge is 0.0985 e. The number of aryl methyl sites for hydroxylation is 2. The summed E-state index contributed by atoms with van der Waals surface area (Å²) >= 11 is 0. The maximum absolute atomic E-state index is 3.94. The zero-order chi connectivity index (χ0) is 14.0. The molecule has 104 valence electrons. The van der Waals surface area contributed by atoms with Gasteiger partial charge in [-0.1, -0.05) is 72.1 Å². The van der Waals surface area contributed by atoms with Crippen LogP contribution >= 0.6 is 0 Å². The average molecular weight is 248 g/mol. The third-order valence-corrected chi connectivity index (χ3v) is 2.29. The fourth-order valence-electron chi connectivity index (χ4n) is 1.54. The maximum atomic E-state index is 3.94. The molecule has 0 aromatic heterocycles. The topological polar surface area (TPSA) is 0 Å². The van der Waals surface area contributed by atoms with Crippen molar-refractivity contribution in [3.63, 3.8) is 0 Å². The first-order valence-corrected chi connectivity index (χ1v) is 6.46. The first-order valence-electron chi connectivity index (χ1n) is 6.46. The summed E-state index contributed by atoms with van der Waals surface area (Å²) in [5.74, 6) is 0. The molecule has 0 N–H and O–H groups in total. The lowest BCUT2D eigenvalue weighted by atomic mass is 9.97. The zero-order valence-electron chi connectivity index (χ0n) is 12.6. The van der Waals surface area contributed by atoms with Crippen molar-refractivity contribution in [2.75, 3.05) is 0 Å². The Hall–Kier alpha value is -1.30. The van der Waals surface area contributed by atoms with Gasteiger partial charge >= 0.3 is 0 Å². The van der Waals surface area contributed by atoms with E-state index in [1.807, 2.05) is 40.7 Å². The summed E-state index contributed by atoms with van der Waals surface area (Å²) < 4.78 is 0. The van der Waals surface area contributed by atoms with E-state index in [2.05, 4.69) is 39.1 Å². The van der Waals surface area contributed by atoms with Gasteiger partial charge in [-0.25, -0.2) is 0 Å². The molecule has 1 rings (SSSR count). The molecule has 18 heavy (non-hydrogen) atoms. The third kappa shape index (κ3) is 6.44. The zero-order valence-corrected chi connectivity index (χ0v) is 12.6. The average Bonchev–Trinajstić information content (AvgIpc) is 2.33. The molecule has 0 aliphatic heterocycles. The molecule has 0 saturated carbocycles. The van der Waals surface area contributed by atoms with Crippen LogP contribution in [0, 0.1) is 13.8 Å². The van der Waals surface area contributed by atoms with E-state index in [4.69, 9.17) is 0 Å². The minimum Gasteiger partial charge on any atom is -0.0985 e. The minimum absolute atomic E-state index is 0. The SMILES string of the molecule is C.C=Cc1c(C)cc(C(=C)C)cc1C.CC.CC. The van der Waals surface area contributed by atoms with Crippen molar-refractivity contribution >= 4 is 11.6 Å². The monoisotopic (exact) mass is 248 g/mol. The molecule has 1 aromatic rings. The first kappa shape index (κ1) is 21.9. The van der Waals surface area contributed by atoms with Crippen LogP contribution in [0.3, 0.4) is 0 Å². The Morgan fingerprint density at radius 2 is 1.33 bits per heavy atom. The molecule has 0 fully saturated rings. The fraction of sp³-hybridized carbons (Fsp3) is 0.444. The quantitative estimate of drug-likeness (QED) is 0.548. The van der Waals surface area contributed by atoms with E-state index in [0.717, 1.165) is 5.57 Å². The van der Waals surface area contributed by atoms with Crippen LogP contribution in [0.2, 0.25) is 0 Å². The molecule has 0 nitrogen and oxygen atoms in total. The standard InChI is InChI=1S/C13H16.2C2H6.CH4/c1-6-13-10(4)7-12(9(2)3)8-11(13)5;2*1-2;/h6-8H,1-2H2,3-5H3;2*1-2H3;1H4. The van der Waals surface area contributed by atoms with Crippen molar-refractivity contribution < 1.29 is 0 Å². The van der Waals surface area contributed by atoms with Crippen molar-refractivity contribution in [2.24, 2.45) is 0 Å². The van der Waals surface area contributed by atoms with Gasteiger partial charge in [-0.2, -0.15) is 0 Å². The van der Waals surface area contributed by atoms with Gasteiger partial charge in [0.2, 0.25) is 0 Å². The van der Waals surface area contributed by atoms with Gasteiger partial charge in [0.05, 0.1) is 0 Å². The lowest BCUT2D eigenvalue weighted by Gasteiger charge is -2.08. The van der Waals surface area contributed by atoms with Crippen molar-refractivity contribution in [3.05, 3.63) is 47.5 Å². The van der Waals surface area contributed by atoms with Crippen LogP contribution in [0.15, 0.2) is 25.3 Å². The van der Waals surface area contributed by atoms with Gasteiger partial charge in [0.25, 0.3) is 0 Å². The Morgan fingerprint density at radius 1 is 1.00 bits per heavy atom. The maximum Gasteiger partial charge on any atom is -0.0203 e. The second-order valence-corrected chi connectivity index (χ2v) is 3.51. The number of rotatable bonds is 2. The highest BCUT2D eigenvalue weighted by Crippen LogP contribution is 2.21. The van der Waals surface area contributed by atoms with Gasteiger partial charge in [-0.3, -0.25) is 0 Å². The van der Waals surface area contributed by atoms with E-state index < -0.39 is 0 Å². The van der Waals surface area contributed by atoms with Crippen LogP contribution in [0.25, 0.3) is 11.6 Å². The number of hydrogen-bond donors (Lipinski definition) is 0. The number of benzene rings is 1. The summed E-state index contributed by atoms with van der Waals surface area (Å²) in [5, 5.41) is 0. The molecule has 0 radical (unpaired) electrons. The highest BCUT2D eigenvalue weighted by molar-refractivity contribution is 5.67. The molecule has 0 unspecified atom stereocenters. The molecule has 0 aliphatic carbocycles. The summed E-state index contributed by atoms with van der Waals surface area (Å²) in [6.07, 6.45) is 1.91. The molecular formula is C18H32. The van der Waals surface area contributed by atoms with Crippen molar-refractivity contribution in [1.29, 1.82) is 0 Å². The van der Waals surface area contributed by atoms with E-state index in [-0.39, 0.29) is 7.43 Å². The van der Waals surface area contributed by atoms with E-state index in [1.54, 1.807) is 0 Å². The summed E-state index contributed by atoms with van der Waals surface area (Å²) in [6.45, 7) is 22.0. The van der Waals surface area contributed by atoms with Crippen LogP contribution in [0.5, 0.6) is 0 Å². The molecule has 0 heterocycles. The molecule has 0 aliphatic rings. The number of hydrogen-bond acceptors (Lipinski definition) is 0. The molecule has 0 amide bonds. The molecule has 0 saturated heterocycles. The highest BCUT2D eigenvalue weighted by atomic mass is 14.1. The molecule has 0 bridgehead atoms. The van der Waals surface area contributed by atoms with E-state index in [0.29, 0.717) is 0 Å². The number of allylic oxidation sites excluding steroid dienone is 1. The van der Waals surface area contributed by atoms with Crippen molar-refractivity contribution in [3.8, 4) is 0 Å². The van der Waals surface area contributed by atoms with Crippen LogP contribution in [-0.4, -0.2) is 0 Å². The van der Waals surface area contributed by atoms with Crippen LogP contribution in [0.4, 0.5) is 0 Å². The van der Waals surface area contributed by atoms with Gasteiger partial charge in [0.15, 0.2) is 0 Å². The lowest BCUT2D eigenvalue weighted by Crippen LogP contribution is -1.89. The van der Waals surface area contributed by atoms with E-state index >= 15 is 0 Å². The predicted molar refractivity (Wildman–Crippen MR) is 90.1 cm³/mol. The Bertz CT molecular complexity index is 333. The Morgan fingerprint density at radius 3 is 1.56 bits per heavy atom. The van der Waals surface area contributed by atoms with Gasteiger partial charge in [0, 0.05) is 0 Å². The van der Waals surface area contributed by atoms with Crippen LogP contribution in [-0.2, 0) is 0 Å². The Labute approximate surface area is 115 Å². The van der Waals surface area contributed by atoms with Crippen LogP contribution < -0.4 is 0 Å². The normalized spacial score (nSPS) is 7.72. The molecular weight excluding hydrogens is 216 g/mol. The molecule has 1 aromatic carbocycles. The van der Waals surface area contributed by atoms with Gasteiger partial charge < -0.3 is 0 Å². The fourth-order valence-corrected chi connectivity index (χ4v) is 1.54. The smallest absolute Gasteiger partial charge is 0.0203 e. The van der Waals surface area contributed by atoms with Gasteiger partial charge in [-0.15, -0.1) is 0 Å². The Kier molecular flexibility index (Phi) is 14.8. The van der Waals surface area contributed by atoms with E-state index in [9.17, 15) is 0 Å². The molecule has 0 atom stereocenters. The molecule has 0 spiro atoms. The highest BCUT2D eigenvalue weighted by Gasteiger charge is 2.01. The summed E-state index contributed by atoms with van der Waals surface area (Å²) in [7, 11) is 0. The lowest BCUT2D eigenvalue weighted by molar-refractivity contribution is 1.34. The minimum atomic E-state index is 0. The molecule has 0 heteroatoms. The van der Waals surface area contributed by atoms with Crippen LogP contribution in [0.1, 0.15) is 64.3 Å². The second kappa shape index (κ2) is 12.2. The summed E-state index contributed by atoms with van der Waals surface area (Å²) in [6, 6.07) is 4.32. The second-order valence-electron chi connectivity index (χ2n) is 3.51. The van der Waals surface area contributed by atoms with Crippen molar-refractivity contribution in [1.82, 2.24) is 0 Å². The van der Waals surface area contributed by atoms with E-state index in [1.165, 1.54) is 22.3 Å². The summed E-state index contributed by atoms with van der Waals surface area (Å²) in [5.41, 5.74) is 6.12. The van der Waals surface area contributed by atoms with Gasteiger partial charge in [-0.05, 0) is 43.0 Å². The first-order chi connectivity index (χ1) is 8.06. The third-order valence-electron chi connectivity index (χ3n) is 2.29. The Balaban J connectivity index is -0.000000409. The van der Waals surface area contributed by atoms with Gasteiger partial charge in [0.1, 0.15) is 0 Å². The van der Waals surface area contributed by atoms with Crippen molar-refractivity contribution in [2.45, 2.75) is 55.9 Å². The summed E-state index contributed by atoms with van der Waals surface area (Å²) in [4.78, 5) is 0.